The average Bonchev–Trinajstić information content (AvgIpc) is 3.18. The van der Waals surface area contributed by atoms with Gasteiger partial charge in [0, 0.05) is 0 Å². The van der Waals surface area contributed by atoms with E-state index >= 15 is 0 Å². The highest BCUT2D eigenvalue weighted by Crippen LogP contribution is 2.34. The van der Waals surface area contributed by atoms with Crippen molar-refractivity contribution >= 4 is 23.3 Å². The monoisotopic (exact) mass is 634 g/mol. The molecule has 0 fully saturated rings. The number of rotatable bonds is 10. The average molecular weight is 635 g/mol. The first-order valence-electron chi connectivity index (χ1n) is 16.2. The minimum absolute atomic E-state index is 0.397. The van der Waals surface area contributed by atoms with Crippen molar-refractivity contribution < 1.29 is 15.2 Å². The second-order valence-corrected chi connectivity index (χ2v) is 11.7. The molecule has 0 aromatic heterocycles. The van der Waals surface area contributed by atoms with Gasteiger partial charge in [-0.15, -0.1) is 0 Å². The fourth-order valence-electron chi connectivity index (χ4n) is 6.04. The van der Waals surface area contributed by atoms with Crippen LogP contribution in [0.15, 0.2) is 188 Å². The lowest BCUT2D eigenvalue weighted by Gasteiger charge is -2.12. The van der Waals surface area contributed by atoms with E-state index in [9.17, 15) is 0 Å². The first kappa shape index (κ1) is 31.3. The van der Waals surface area contributed by atoms with E-state index < -0.39 is 0 Å². The minimum Gasteiger partial charge on any atom is -0.308 e. The summed E-state index contributed by atoms with van der Waals surface area (Å²) in [7, 11) is 0. The molecule has 7 aromatic rings. The molecule has 0 radical (unpaired) electrons. The lowest BCUT2D eigenvalue weighted by atomic mass is 9.94. The molecule has 3 nitrogen and oxygen atoms in total. The molecular formula is C46H34O3. The van der Waals surface area contributed by atoms with Gasteiger partial charge < -0.3 is 4.89 Å². The molecule has 236 valence electrons. The predicted molar refractivity (Wildman–Crippen MR) is 201 cm³/mol. The molecular weight excluding hydrogens is 601 g/mol. The van der Waals surface area contributed by atoms with Crippen molar-refractivity contribution in [2.24, 2.45) is 0 Å². The second-order valence-electron chi connectivity index (χ2n) is 11.7. The minimum atomic E-state index is 0.397. The molecule has 0 aliphatic carbocycles. The van der Waals surface area contributed by atoms with Crippen molar-refractivity contribution in [3.05, 3.63) is 221 Å². The molecule has 3 heteroatoms. The van der Waals surface area contributed by atoms with E-state index in [2.05, 4.69) is 169 Å². The molecule has 49 heavy (non-hydrogen) atoms. The fraction of sp³-hybridized carbons (Fsp3) is 0. The van der Waals surface area contributed by atoms with Crippen molar-refractivity contribution in [3.63, 3.8) is 0 Å². The van der Waals surface area contributed by atoms with Gasteiger partial charge >= 0.3 is 0 Å². The Bertz CT molecular complexity index is 1930. The van der Waals surface area contributed by atoms with Crippen molar-refractivity contribution in [1.29, 1.82) is 0 Å². The molecule has 0 saturated carbocycles. The van der Waals surface area contributed by atoms with E-state index in [-0.39, 0.29) is 0 Å². The third-order valence-corrected chi connectivity index (χ3v) is 8.49. The van der Waals surface area contributed by atoms with Gasteiger partial charge in [0.05, 0.1) is 0 Å². The van der Waals surface area contributed by atoms with E-state index in [1.165, 1.54) is 0 Å². The summed E-state index contributed by atoms with van der Waals surface area (Å²) in [6.45, 7) is 0. The van der Waals surface area contributed by atoms with Gasteiger partial charge in [0.2, 0.25) is 0 Å². The summed E-state index contributed by atoms with van der Waals surface area (Å²) >= 11 is 0. The Hall–Kier alpha value is -6.26. The predicted octanol–water partition coefficient (Wildman–Crippen LogP) is 12.0. The first-order valence-corrected chi connectivity index (χ1v) is 16.2. The molecule has 0 aliphatic rings. The highest BCUT2D eigenvalue weighted by atomic mass is 17.5. The largest absolute Gasteiger partial charge is 0.308 e. The standard InChI is InChI=1S/C46H34O3/c47-49-48-44-32-42(36-25-21-34(22-26-36)29-45(38-13-5-1-6-14-38)39-15-7-2-8-16-39)31-43(33-44)37-27-23-35(24-28-37)30-46(40-17-9-3-10-18-40)41-19-11-4-12-20-41/h1-33,47H. The summed E-state index contributed by atoms with van der Waals surface area (Å²) in [5.41, 5.74) is 13.0. The maximum Gasteiger partial charge on any atom is 0.169 e. The van der Waals surface area contributed by atoms with E-state index in [4.69, 9.17) is 10.1 Å². The van der Waals surface area contributed by atoms with E-state index in [1.807, 2.05) is 36.4 Å². The maximum absolute atomic E-state index is 9.12. The summed E-state index contributed by atoms with van der Waals surface area (Å²) in [6, 6.07) is 64.5. The highest BCUT2D eigenvalue weighted by molar-refractivity contribution is 5.92. The van der Waals surface area contributed by atoms with Gasteiger partial charge in [-0.05, 0) is 102 Å². The molecule has 1 N–H and O–H groups in total. The van der Waals surface area contributed by atoms with Gasteiger partial charge in [0.15, 0.2) is 5.75 Å². The topological polar surface area (TPSA) is 38.7 Å². The van der Waals surface area contributed by atoms with Gasteiger partial charge in [-0.3, -0.25) is 0 Å². The van der Waals surface area contributed by atoms with Crippen molar-refractivity contribution in [3.8, 4) is 28.0 Å². The van der Waals surface area contributed by atoms with Crippen LogP contribution in [0.4, 0.5) is 0 Å². The third-order valence-electron chi connectivity index (χ3n) is 8.49. The molecule has 0 heterocycles. The number of benzene rings is 7. The Morgan fingerprint density at radius 1 is 0.367 bits per heavy atom. The van der Waals surface area contributed by atoms with Crippen LogP contribution in [0.2, 0.25) is 0 Å². The molecule has 0 saturated heterocycles. The zero-order chi connectivity index (χ0) is 33.3. The summed E-state index contributed by atoms with van der Waals surface area (Å²) in [5.74, 6) is 0.397. The molecule has 0 bridgehead atoms. The van der Waals surface area contributed by atoms with Crippen LogP contribution in [-0.2, 0) is 5.04 Å². The zero-order valence-corrected chi connectivity index (χ0v) is 26.8. The van der Waals surface area contributed by atoms with Crippen LogP contribution >= 0.6 is 0 Å². The van der Waals surface area contributed by atoms with Crippen LogP contribution < -0.4 is 4.89 Å². The Morgan fingerprint density at radius 3 is 1.00 bits per heavy atom. The van der Waals surface area contributed by atoms with Gasteiger partial charge in [0.1, 0.15) is 0 Å². The second kappa shape index (κ2) is 15.1. The molecule has 0 aliphatic heterocycles. The molecule has 7 aromatic carbocycles. The Balaban J connectivity index is 1.20. The summed E-state index contributed by atoms with van der Waals surface area (Å²) in [6.07, 6.45) is 4.44. The van der Waals surface area contributed by atoms with Crippen molar-refractivity contribution in [2.75, 3.05) is 0 Å². The molecule has 7 rings (SSSR count). The van der Waals surface area contributed by atoms with Crippen LogP contribution in [0.3, 0.4) is 0 Å². The normalized spacial score (nSPS) is 10.6. The lowest BCUT2D eigenvalue weighted by molar-refractivity contribution is -0.438. The van der Waals surface area contributed by atoms with Crippen LogP contribution in [-0.4, -0.2) is 5.26 Å². The maximum atomic E-state index is 9.12. The van der Waals surface area contributed by atoms with Crippen LogP contribution in [0, 0.1) is 0 Å². The molecule has 0 unspecified atom stereocenters. The summed E-state index contributed by atoms with van der Waals surface area (Å²) < 4.78 is 0. The first-order chi connectivity index (χ1) is 24.2. The quantitative estimate of drug-likeness (QED) is 0.0924. The number of hydrogen-bond donors (Lipinski definition) is 1. The number of hydrogen-bond acceptors (Lipinski definition) is 3. The Labute approximate surface area is 287 Å². The Kier molecular flexibility index (Phi) is 9.66. The molecule has 0 atom stereocenters. The smallest absolute Gasteiger partial charge is 0.169 e. The molecule has 0 amide bonds. The molecule has 0 spiro atoms. The third kappa shape index (κ3) is 7.66. The van der Waals surface area contributed by atoms with Crippen molar-refractivity contribution in [2.45, 2.75) is 0 Å². The van der Waals surface area contributed by atoms with Crippen LogP contribution in [0.25, 0.3) is 45.6 Å². The van der Waals surface area contributed by atoms with Crippen LogP contribution in [0.1, 0.15) is 33.4 Å². The van der Waals surface area contributed by atoms with Gasteiger partial charge in [-0.25, -0.2) is 5.26 Å². The Morgan fingerprint density at radius 2 is 0.694 bits per heavy atom. The van der Waals surface area contributed by atoms with Gasteiger partial charge in [-0.1, -0.05) is 170 Å². The van der Waals surface area contributed by atoms with Crippen molar-refractivity contribution in [1.82, 2.24) is 0 Å². The van der Waals surface area contributed by atoms with E-state index in [0.717, 1.165) is 66.8 Å². The fourth-order valence-corrected chi connectivity index (χ4v) is 6.04. The highest BCUT2D eigenvalue weighted by Gasteiger charge is 2.10. The summed E-state index contributed by atoms with van der Waals surface area (Å²) in [5, 5.41) is 13.2. The van der Waals surface area contributed by atoms with Gasteiger partial charge in [-0.2, -0.15) is 0 Å². The van der Waals surface area contributed by atoms with Crippen LogP contribution in [0.5, 0.6) is 5.75 Å². The van der Waals surface area contributed by atoms with E-state index in [1.54, 1.807) is 0 Å². The zero-order valence-electron chi connectivity index (χ0n) is 26.8. The lowest BCUT2D eigenvalue weighted by Crippen LogP contribution is -1.93. The van der Waals surface area contributed by atoms with E-state index in [0.29, 0.717) is 5.75 Å². The van der Waals surface area contributed by atoms with Gasteiger partial charge in [0.25, 0.3) is 0 Å². The SMILES string of the molecule is OOOc1cc(-c2ccc(C=C(c3ccccc3)c3ccccc3)cc2)cc(-c2ccc(C=C(c3ccccc3)c3ccccc3)cc2)c1. The summed E-state index contributed by atoms with van der Waals surface area (Å²) in [4.78, 5) is 5.12.